The zero-order valence-corrected chi connectivity index (χ0v) is 26.8. The van der Waals surface area contributed by atoms with Gasteiger partial charge in [0.2, 0.25) is 0 Å². The van der Waals surface area contributed by atoms with Crippen LogP contribution >= 0.6 is 0 Å². The van der Waals surface area contributed by atoms with Crippen molar-refractivity contribution in [3.63, 3.8) is 0 Å². The Morgan fingerprint density at radius 1 is 1.00 bits per heavy atom. The molecule has 7 rings (SSSR count). The first kappa shape index (κ1) is 29.7. The molecule has 42 heavy (non-hydrogen) atoms. The molecule has 0 aromatic heterocycles. The number of carbonyl (C=O) groups excluding carboxylic acids is 2. The van der Waals surface area contributed by atoms with E-state index in [4.69, 9.17) is 18.9 Å². The minimum Gasteiger partial charge on any atom is -0.457 e. The second-order valence-electron chi connectivity index (χ2n) is 16.9. The molecular weight excluding hydrogens is 532 g/mol. The Balaban J connectivity index is 0.00000329. The summed E-state index contributed by atoms with van der Waals surface area (Å²) >= 11 is 0. The number of carbonyl (C=O) groups is 2. The van der Waals surface area contributed by atoms with E-state index < -0.39 is 29.9 Å². The molecule has 10 unspecified atom stereocenters. The molecule has 0 bridgehead atoms. The molecule has 0 aromatic carbocycles. The minimum atomic E-state index is -1.25. The summed E-state index contributed by atoms with van der Waals surface area (Å²) in [6.45, 7) is 12.8. The normalized spacial score (nSPS) is 49.9. The summed E-state index contributed by atoms with van der Waals surface area (Å²) in [5.74, 6) is 1.16. The molecule has 7 fully saturated rings. The van der Waals surface area contributed by atoms with Crippen molar-refractivity contribution < 1.29 is 35.1 Å². The van der Waals surface area contributed by atoms with Gasteiger partial charge in [-0.3, -0.25) is 9.59 Å². The fourth-order valence-corrected chi connectivity index (χ4v) is 12.3. The van der Waals surface area contributed by atoms with Gasteiger partial charge in [0.15, 0.2) is 18.2 Å². The monoisotopic (exact) mass is 588 g/mol. The predicted molar refractivity (Wildman–Crippen MR) is 158 cm³/mol. The minimum absolute atomic E-state index is 0. The van der Waals surface area contributed by atoms with Crippen LogP contribution in [0.25, 0.3) is 0 Å². The summed E-state index contributed by atoms with van der Waals surface area (Å²) in [5.41, 5.74) is -0.574. The van der Waals surface area contributed by atoms with Crippen LogP contribution in [0.15, 0.2) is 0 Å². The first-order valence-electron chi connectivity index (χ1n) is 17.1. The van der Waals surface area contributed by atoms with Crippen molar-refractivity contribution in [2.24, 2.45) is 45.3 Å². The molecule has 12 atom stereocenters. The quantitative estimate of drug-likeness (QED) is 0.301. The highest BCUT2D eigenvalue weighted by atomic mass is 16.7. The third-order valence-corrected chi connectivity index (χ3v) is 14.1. The van der Waals surface area contributed by atoms with Crippen molar-refractivity contribution in [1.82, 2.24) is 0 Å². The number of hydrogen-bond acceptors (Lipinski definition) is 7. The molecule has 2 saturated heterocycles. The van der Waals surface area contributed by atoms with Crippen molar-refractivity contribution in [3.05, 3.63) is 0 Å². The third-order valence-electron chi connectivity index (χ3n) is 14.1. The number of fused-ring (bicyclic) bond motifs is 4. The molecule has 2 aliphatic heterocycles. The van der Waals surface area contributed by atoms with Crippen LogP contribution in [-0.2, 0) is 28.5 Å². The van der Waals surface area contributed by atoms with E-state index in [1.165, 1.54) is 39.0 Å². The molecule has 5 aliphatic carbocycles. The number of rotatable bonds is 5. The van der Waals surface area contributed by atoms with Gasteiger partial charge in [-0.15, -0.1) is 0 Å². The maximum absolute atomic E-state index is 14.5. The molecule has 7 nitrogen and oxygen atoms in total. The van der Waals surface area contributed by atoms with Gasteiger partial charge >= 0.3 is 5.97 Å². The average Bonchev–Trinajstić information content (AvgIpc) is 3.54. The van der Waals surface area contributed by atoms with Gasteiger partial charge in [-0.25, -0.2) is 0 Å². The SMILES string of the molecule is CC(=O)O[C@@H](C1CCC2C(O1)C(=O)C1C3CCC4C(C)(C)[C@@H](OC5CCCCO5)CCC45CC35CCC21C)C(C)(C)O.[HH]. The molecule has 2 heterocycles. The van der Waals surface area contributed by atoms with Crippen molar-refractivity contribution in [3.8, 4) is 0 Å². The van der Waals surface area contributed by atoms with Gasteiger partial charge in [0.05, 0.1) is 17.8 Å². The van der Waals surface area contributed by atoms with Crippen LogP contribution in [0.4, 0.5) is 0 Å². The summed E-state index contributed by atoms with van der Waals surface area (Å²) in [7, 11) is 0. The Morgan fingerprint density at radius 2 is 1.76 bits per heavy atom. The fourth-order valence-electron chi connectivity index (χ4n) is 12.3. The lowest BCUT2D eigenvalue weighted by atomic mass is 9.46. The lowest BCUT2D eigenvalue weighted by Gasteiger charge is -2.59. The third kappa shape index (κ3) is 4.11. The molecule has 7 aliphatic rings. The Bertz CT molecular complexity index is 1110. The van der Waals surface area contributed by atoms with Crippen molar-refractivity contribution in [1.29, 1.82) is 0 Å². The number of esters is 1. The molecule has 5 saturated carbocycles. The summed E-state index contributed by atoms with van der Waals surface area (Å²) in [5, 5.41) is 10.8. The van der Waals surface area contributed by atoms with E-state index in [0.29, 0.717) is 29.5 Å². The van der Waals surface area contributed by atoms with Crippen LogP contribution in [0.5, 0.6) is 0 Å². The highest BCUT2D eigenvalue weighted by Gasteiger charge is 2.82. The zero-order chi connectivity index (χ0) is 29.9. The molecule has 0 radical (unpaired) electrons. The number of ether oxygens (including phenoxy) is 4. The van der Waals surface area contributed by atoms with Gasteiger partial charge in [0.1, 0.15) is 6.10 Å². The summed E-state index contributed by atoms with van der Waals surface area (Å²) in [4.78, 5) is 26.4. The van der Waals surface area contributed by atoms with Gasteiger partial charge in [-0.2, -0.15) is 0 Å². The van der Waals surface area contributed by atoms with E-state index in [2.05, 4.69) is 20.8 Å². The Kier molecular flexibility index (Phi) is 6.88. The second-order valence-corrected chi connectivity index (χ2v) is 16.9. The predicted octanol–water partition coefficient (Wildman–Crippen LogP) is 6.23. The molecule has 1 N–H and O–H groups in total. The van der Waals surface area contributed by atoms with E-state index >= 15 is 0 Å². The van der Waals surface area contributed by atoms with E-state index in [9.17, 15) is 14.7 Å². The highest BCUT2D eigenvalue weighted by molar-refractivity contribution is 5.90. The lowest BCUT2D eigenvalue weighted by molar-refractivity contribution is -0.237. The van der Waals surface area contributed by atoms with Crippen LogP contribution in [0.2, 0.25) is 0 Å². The maximum Gasteiger partial charge on any atom is 0.303 e. The van der Waals surface area contributed by atoms with Crippen LogP contribution in [-0.4, -0.2) is 59.8 Å². The molecule has 7 heteroatoms. The van der Waals surface area contributed by atoms with Gasteiger partial charge in [0.25, 0.3) is 0 Å². The summed E-state index contributed by atoms with van der Waals surface area (Å²) < 4.78 is 24.9. The smallest absolute Gasteiger partial charge is 0.303 e. The number of ketones is 1. The van der Waals surface area contributed by atoms with E-state index in [1.54, 1.807) is 13.8 Å². The molecule has 0 amide bonds. The van der Waals surface area contributed by atoms with Gasteiger partial charge < -0.3 is 24.1 Å². The number of hydrogen-bond donors (Lipinski definition) is 1. The first-order chi connectivity index (χ1) is 19.7. The number of aliphatic hydroxyl groups is 1. The zero-order valence-electron chi connectivity index (χ0n) is 26.8. The Morgan fingerprint density at radius 3 is 2.45 bits per heavy atom. The molecular formula is C35H56O7. The van der Waals surface area contributed by atoms with Crippen LogP contribution in [0, 0.1) is 45.3 Å². The van der Waals surface area contributed by atoms with Gasteiger partial charge in [-0.05, 0) is 130 Å². The topological polar surface area (TPSA) is 91.3 Å². The first-order valence-corrected chi connectivity index (χ1v) is 17.1. The van der Waals surface area contributed by atoms with Crippen LogP contribution < -0.4 is 0 Å². The van der Waals surface area contributed by atoms with Crippen molar-refractivity contribution in [2.75, 3.05) is 6.61 Å². The average molecular weight is 589 g/mol. The van der Waals surface area contributed by atoms with Crippen molar-refractivity contribution in [2.45, 2.75) is 155 Å². The molecule has 238 valence electrons. The van der Waals surface area contributed by atoms with Crippen molar-refractivity contribution >= 4 is 11.8 Å². The summed E-state index contributed by atoms with van der Waals surface area (Å²) in [6.07, 6.45) is 11.6. The lowest BCUT2D eigenvalue weighted by Crippen LogP contribution is -2.56. The van der Waals surface area contributed by atoms with E-state index in [0.717, 1.165) is 45.1 Å². The summed E-state index contributed by atoms with van der Waals surface area (Å²) in [6, 6.07) is 0. The van der Waals surface area contributed by atoms with Gasteiger partial charge in [0, 0.05) is 20.9 Å². The molecule has 2 spiro atoms. The fraction of sp³-hybridized carbons (Fsp3) is 0.943. The van der Waals surface area contributed by atoms with Crippen LogP contribution in [0.1, 0.15) is 120 Å². The number of Topliss-reactive ketones (excluding diaryl/α,β-unsaturated/α-hetero) is 1. The largest absolute Gasteiger partial charge is 0.457 e. The molecule has 0 aromatic rings. The van der Waals surface area contributed by atoms with E-state index in [1.807, 2.05) is 0 Å². The Hall–Kier alpha value is -1.02. The second kappa shape index (κ2) is 9.74. The standard InChI is InChI=1S/C35H54O7.H2/c1-20(36)40-30(32(4,5)38)23-12-10-22-29(41-23)28(37)27-21-11-13-24-31(2,3)25(42-26-9-7-8-18-39-26)14-15-35(24)19-34(21,35)17-16-33(22,27)6;/h21-27,29-30,38H,7-19H2,1-6H3;1H/t21?,22?,23?,24?,25-,26?,27?,29?,30-,33?,34?,35?;/m0./s1. The maximum atomic E-state index is 14.5. The Labute approximate surface area is 253 Å². The highest BCUT2D eigenvalue weighted by Crippen LogP contribution is 2.87. The van der Waals surface area contributed by atoms with Gasteiger partial charge in [-0.1, -0.05) is 20.8 Å². The van der Waals surface area contributed by atoms with E-state index in [-0.39, 0.29) is 41.9 Å². The van der Waals surface area contributed by atoms with Crippen LogP contribution in [0.3, 0.4) is 0 Å².